The fourth-order valence-electron chi connectivity index (χ4n) is 2.57. The average molecular weight is 280 g/mol. The third kappa shape index (κ3) is 1.39. The van der Waals surface area contributed by atoms with Crippen LogP contribution in [0.2, 0.25) is 0 Å². The minimum absolute atomic E-state index is 0.562. The Morgan fingerprint density at radius 3 is 2.88 bits per heavy atom. The summed E-state index contributed by atoms with van der Waals surface area (Å²) in [6, 6.07) is 0. The molecule has 0 radical (unpaired) electrons. The second-order valence-electron chi connectivity index (χ2n) is 4.70. The monoisotopic (exact) mass is 279 g/mol. The Kier molecular flexibility index (Phi) is 2.28. The summed E-state index contributed by atoms with van der Waals surface area (Å²) >= 11 is 3.47. The van der Waals surface area contributed by atoms with Crippen LogP contribution in [0.4, 0.5) is 0 Å². The Morgan fingerprint density at radius 1 is 1.31 bits per heavy atom. The first kappa shape index (κ1) is 10.3. The zero-order valence-electron chi connectivity index (χ0n) is 9.44. The van der Waals surface area contributed by atoms with E-state index in [9.17, 15) is 0 Å². The molecule has 2 aromatic rings. The van der Waals surface area contributed by atoms with Gasteiger partial charge >= 0.3 is 0 Å². The van der Waals surface area contributed by atoms with Crippen molar-refractivity contribution in [3.8, 4) is 0 Å². The van der Waals surface area contributed by atoms with Crippen LogP contribution in [-0.2, 0) is 0 Å². The molecule has 1 aliphatic rings. The topological polar surface area (TPSA) is 30.2 Å². The molecule has 0 bridgehead atoms. The summed E-state index contributed by atoms with van der Waals surface area (Å²) in [4.78, 5) is 9.02. The highest BCUT2D eigenvalue weighted by atomic mass is 79.9. The van der Waals surface area contributed by atoms with Crippen LogP contribution in [0.5, 0.6) is 0 Å². The summed E-state index contributed by atoms with van der Waals surface area (Å²) in [5.41, 5.74) is 2.59. The van der Waals surface area contributed by atoms with Gasteiger partial charge in [-0.2, -0.15) is 0 Å². The second kappa shape index (κ2) is 3.55. The van der Waals surface area contributed by atoms with Crippen LogP contribution >= 0.6 is 15.9 Å². The Balaban J connectivity index is 2.33. The maximum absolute atomic E-state index is 4.66. The fourth-order valence-corrected chi connectivity index (χ4v) is 2.88. The molecular weight excluding hydrogens is 266 g/mol. The van der Waals surface area contributed by atoms with Gasteiger partial charge in [0, 0.05) is 18.3 Å². The molecule has 3 nitrogen and oxygen atoms in total. The van der Waals surface area contributed by atoms with Crippen LogP contribution in [0.3, 0.4) is 0 Å². The first-order valence-electron chi connectivity index (χ1n) is 5.70. The van der Waals surface area contributed by atoms with Crippen molar-refractivity contribution >= 4 is 21.7 Å². The predicted octanol–water partition coefficient (Wildman–Crippen LogP) is 3.49. The molecule has 0 saturated carbocycles. The van der Waals surface area contributed by atoms with E-state index in [1.54, 1.807) is 0 Å². The lowest BCUT2D eigenvalue weighted by molar-refractivity contribution is 0.508. The third-order valence-corrected chi connectivity index (χ3v) is 3.89. The highest BCUT2D eigenvalue weighted by molar-refractivity contribution is 9.10. The van der Waals surface area contributed by atoms with Crippen molar-refractivity contribution in [3.05, 3.63) is 28.3 Å². The van der Waals surface area contributed by atoms with E-state index in [1.165, 1.54) is 24.2 Å². The van der Waals surface area contributed by atoms with Gasteiger partial charge in [-0.15, -0.1) is 0 Å². The van der Waals surface area contributed by atoms with Crippen molar-refractivity contribution in [2.45, 2.75) is 38.5 Å². The van der Waals surface area contributed by atoms with Gasteiger partial charge in [0.2, 0.25) is 5.78 Å². The summed E-state index contributed by atoms with van der Waals surface area (Å²) < 4.78 is 3.14. The largest absolute Gasteiger partial charge is 0.286 e. The first-order valence-corrected chi connectivity index (χ1v) is 6.49. The Morgan fingerprint density at radius 2 is 2.06 bits per heavy atom. The van der Waals surface area contributed by atoms with Gasteiger partial charge in [0.1, 0.15) is 0 Å². The van der Waals surface area contributed by atoms with Crippen molar-refractivity contribution < 1.29 is 0 Å². The summed E-state index contributed by atoms with van der Waals surface area (Å²) in [5, 5.41) is 0. The fraction of sp³-hybridized carbons (Fsp3) is 0.500. The van der Waals surface area contributed by atoms with E-state index in [-0.39, 0.29) is 0 Å². The zero-order valence-corrected chi connectivity index (χ0v) is 11.0. The van der Waals surface area contributed by atoms with Crippen LogP contribution in [0, 0.1) is 0 Å². The molecule has 2 heterocycles. The SMILES string of the molecule is CC1CCC(C)c2c1nc1ncc(Br)cn21. The third-order valence-electron chi connectivity index (χ3n) is 3.48. The number of aromatic nitrogens is 3. The standard InChI is InChI=1S/C12H14BrN3/c1-7-3-4-8(2)11-10(7)15-12-14-5-9(13)6-16(11)12/h5-8H,3-4H2,1-2H3. The van der Waals surface area contributed by atoms with Crippen LogP contribution < -0.4 is 0 Å². The number of halogens is 1. The van der Waals surface area contributed by atoms with Gasteiger partial charge < -0.3 is 0 Å². The van der Waals surface area contributed by atoms with Crippen molar-refractivity contribution in [1.29, 1.82) is 0 Å². The quantitative estimate of drug-likeness (QED) is 0.739. The second-order valence-corrected chi connectivity index (χ2v) is 5.62. The minimum atomic E-state index is 0.562. The minimum Gasteiger partial charge on any atom is -0.286 e. The lowest BCUT2D eigenvalue weighted by Crippen LogP contribution is -2.11. The van der Waals surface area contributed by atoms with Crippen LogP contribution in [0.15, 0.2) is 16.9 Å². The summed E-state index contributed by atoms with van der Waals surface area (Å²) in [5.74, 6) is 1.97. The maximum atomic E-state index is 4.66. The van der Waals surface area contributed by atoms with Crippen LogP contribution in [-0.4, -0.2) is 14.4 Å². The number of hydrogen-bond donors (Lipinski definition) is 0. The molecule has 1 aliphatic carbocycles. The van der Waals surface area contributed by atoms with Gasteiger partial charge in [-0.3, -0.25) is 4.40 Å². The lowest BCUT2D eigenvalue weighted by Gasteiger charge is -2.23. The van der Waals surface area contributed by atoms with Gasteiger partial charge in [0.25, 0.3) is 0 Å². The van der Waals surface area contributed by atoms with E-state index in [1.807, 2.05) is 6.20 Å². The molecular formula is C12H14BrN3. The van der Waals surface area contributed by atoms with E-state index in [2.05, 4.69) is 50.3 Å². The van der Waals surface area contributed by atoms with Gasteiger partial charge in [0.05, 0.1) is 15.9 Å². The number of imidazole rings is 1. The molecule has 2 aromatic heterocycles. The molecule has 0 spiro atoms. The summed E-state index contributed by atoms with van der Waals surface area (Å²) in [6.07, 6.45) is 6.36. The van der Waals surface area contributed by atoms with E-state index >= 15 is 0 Å². The lowest BCUT2D eigenvalue weighted by atomic mass is 9.85. The Bertz CT molecular complexity index is 546. The maximum Gasteiger partial charge on any atom is 0.234 e. The molecule has 0 aliphatic heterocycles. The summed E-state index contributed by atoms with van der Waals surface area (Å²) in [6.45, 7) is 4.53. The highest BCUT2D eigenvalue weighted by Gasteiger charge is 2.27. The summed E-state index contributed by atoms with van der Waals surface area (Å²) in [7, 11) is 0. The van der Waals surface area contributed by atoms with Crippen LogP contribution in [0.25, 0.3) is 5.78 Å². The molecule has 16 heavy (non-hydrogen) atoms. The number of hydrogen-bond acceptors (Lipinski definition) is 2. The van der Waals surface area contributed by atoms with E-state index < -0.39 is 0 Å². The molecule has 0 amide bonds. The van der Waals surface area contributed by atoms with Crippen molar-refractivity contribution in [1.82, 2.24) is 14.4 Å². The molecule has 0 fully saturated rings. The normalized spacial score (nSPS) is 24.7. The van der Waals surface area contributed by atoms with Gasteiger partial charge in [0.15, 0.2) is 0 Å². The molecule has 0 N–H and O–H groups in total. The number of rotatable bonds is 0. The highest BCUT2D eigenvalue weighted by Crippen LogP contribution is 2.38. The van der Waals surface area contributed by atoms with E-state index in [4.69, 9.17) is 0 Å². The number of fused-ring (bicyclic) bond motifs is 3. The number of nitrogens with zero attached hydrogens (tertiary/aromatic N) is 3. The predicted molar refractivity (Wildman–Crippen MR) is 66.8 cm³/mol. The van der Waals surface area contributed by atoms with E-state index in [0.717, 1.165) is 10.3 Å². The molecule has 4 heteroatoms. The first-order chi connectivity index (χ1) is 7.66. The van der Waals surface area contributed by atoms with Gasteiger partial charge in [-0.05, 0) is 34.7 Å². The van der Waals surface area contributed by atoms with Crippen molar-refractivity contribution in [2.24, 2.45) is 0 Å². The van der Waals surface area contributed by atoms with Crippen molar-refractivity contribution in [3.63, 3.8) is 0 Å². The average Bonchev–Trinajstić information content (AvgIpc) is 2.63. The van der Waals surface area contributed by atoms with Gasteiger partial charge in [-0.25, -0.2) is 9.97 Å². The van der Waals surface area contributed by atoms with Gasteiger partial charge in [-0.1, -0.05) is 13.8 Å². The molecule has 0 aromatic carbocycles. The van der Waals surface area contributed by atoms with Crippen LogP contribution in [0.1, 0.15) is 49.9 Å². The zero-order chi connectivity index (χ0) is 11.3. The molecule has 3 rings (SSSR count). The van der Waals surface area contributed by atoms with E-state index in [0.29, 0.717) is 11.8 Å². The molecule has 2 unspecified atom stereocenters. The molecule has 0 saturated heterocycles. The molecule has 2 atom stereocenters. The molecule has 84 valence electrons. The Hall–Kier alpha value is -0.900. The van der Waals surface area contributed by atoms with Crippen molar-refractivity contribution in [2.75, 3.05) is 0 Å². The smallest absolute Gasteiger partial charge is 0.234 e. The Labute approximate surface area is 103 Å².